The van der Waals surface area contributed by atoms with E-state index in [1.165, 1.54) is 19.3 Å². The predicted octanol–water partition coefficient (Wildman–Crippen LogP) is 3.09. The summed E-state index contributed by atoms with van der Waals surface area (Å²) in [5, 5.41) is 0. The second-order valence-electron chi connectivity index (χ2n) is 9.47. The minimum absolute atomic E-state index is 0.330. The Kier molecular flexibility index (Phi) is 15.4. The van der Waals surface area contributed by atoms with E-state index >= 15 is 0 Å². The molecule has 1 heterocycles. The molecular weight excluding hydrogens is 472 g/mol. The summed E-state index contributed by atoms with van der Waals surface area (Å²) in [6, 6.07) is 8.07. The van der Waals surface area contributed by atoms with Crippen LogP contribution in [-0.4, -0.2) is 115 Å². The van der Waals surface area contributed by atoms with Crippen molar-refractivity contribution in [2.45, 2.75) is 38.2 Å². The molecular formula is C29H46N2O6. The fraction of sp³-hybridized carbons (Fsp3) is 0.724. The van der Waals surface area contributed by atoms with E-state index in [4.69, 9.17) is 34.8 Å². The second-order valence-corrected chi connectivity index (χ2v) is 9.47. The van der Waals surface area contributed by atoms with Crippen LogP contribution in [0.25, 0.3) is 0 Å². The molecule has 1 aliphatic heterocycles. The summed E-state index contributed by atoms with van der Waals surface area (Å²) in [4.78, 5) is 5.04. The van der Waals surface area contributed by atoms with Crippen molar-refractivity contribution >= 4 is 0 Å². The van der Waals surface area contributed by atoms with Gasteiger partial charge in [-0.1, -0.05) is 5.92 Å². The van der Waals surface area contributed by atoms with Crippen molar-refractivity contribution in [3.63, 3.8) is 0 Å². The maximum Gasteiger partial charge on any atom is 0.119 e. The van der Waals surface area contributed by atoms with E-state index in [0.717, 1.165) is 76.8 Å². The SMILES string of the molecule is C#CCOCCOCCOCCOCCN1CCN(CCCCOc2ccc(OC3CCC3)cc2)CC1. The Balaban J connectivity index is 1.07. The topological polar surface area (TPSA) is 61.9 Å². The van der Waals surface area contributed by atoms with Crippen LogP contribution in [0.4, 0.5) is 0 Å². The van der Waals surface area contributed by atoms with E-state index < -0.39 is 0 Å². The standard InChI is InChI=1S/C29H46N2O6/c1-2-18-32-21-23-34-25-26-35-24-22-33-20-17-31-15-13-30(14-16-31)12-3-4-19-36-27-8-10-29(11-9-27)37-28-6-5-7-28/h1,8-11,28H,3-7,12-26H2. The quantitative estimate of drug-likeness (QED) is 0.182. The highest BCUT2D eigenvalue weighted by molar-refractivity contribution is 5.31. The third-order valence-electron chi connectivity index (χ3n) is 6.63. The van der Waals surface area contributed by atoms with Crippen LogP contribution < -0.4 is 9.47 Å². The first-order valence-electron chi connectivity index (χ1n) is 13.9. The fourth-order valence-corrected chi connectivity index (χ4v) is 4.14. The molecule has 0 spiro atoms. The average molecular weight is 519 g/mol. The maximum atomic E-state index is 5.90. The van der Waals surface area contributed by atoms with Crippen LogP contribution in [0.1, 0.15) is 32.1 Å². The number of terminal acetylenes is 1. The number of hydrogen-bond acceptors (Lipinski definition) is 8. The molecule has 0 N–H and O–H groups in total. The Hall–Kier alpha value is -1.86. The van der Waals surface area contributed by atoms with Gasteiger partial charge < -0.3 is 33.3 Å². The smallest absolute Gasteiger partial charge is 0.119 e. The Labute approximate surface area is 223 Å². The zero-order chi connectivity index (χ0) is 25.8. The Morgan fingerprint density at radius 3 is 1.84 bits per heavy atom. The van der Waals surface area contributed by atoms with Gasteiger partial charge in [0.2, 0.25) is 0 Å². The highest BCUT2D eigenvalue weighted by Crippen LogP contribution is 2.26. The molecule has 0 unspecified atom stereocenters. The van der Waals surface area contributed by atoms with Crippen LogP contribution >= 0.6 is 0 Å². The number of nitrogens with zero attached hydrogens (tertiary/aromatic N) is 2. The lowest BCUT2D eigenvalue weighted by molar-refractivity contribution is -0.00259. The van der Waals surface area contributed by atoms with Gasteiger partial charge in [-0.2, -0.15) is 0 Å². The van der Waals surface area contributed by atoms with E-state index in [2.05, 4.69) is 15.7 Å². The molecule has 2 fully saturated rings. The van der Waals surface area contributed by atoms with Crippen molar-refractivity contribution in [2.24, 2.45) is 0 Å². The van der Waals surface area contributed by atoms with Crippen LogP contribution in [-0.2, 0) is 18.9 Å². The largest absolute Gasteiger partial charge is 0.494 e. The van der Waals surface area contributed by atoms with Crippen LogP contribution in [0, 0.1) is 12.3 Å². The molecule has 8 nitrogen and oxygen atoms in total. The first-order chi connectivity index (χ1) is 18.3. The van der Waals surface area contributed by atoms with Gasteiger partial charge in [0.05, 0.1) is 59.0 Å². The van der Waals surface area contributed by atoms with Crippen molar-refractivity contribution in [1.29, 1.82) is 0 Å². The van der Waals surface area contributed by atoms with Gasteiger partial charge in [0.1, 0.15) is 18.1 Å². The molecule has 2 aliphatic rings. The lowest BCUT2D eigenvalue weighted by Gasteiger charge is -2.34. The van der Waals surface area contributed by atoms with Gasteiger partial charge in [-0.05, 0) is 62.9 Å². The van der Waals surface area contributed by atoms with E-state index in [9.17, 15) is 0 Å². The number of hydrogen-bond donors (Lipinski definition) is 0. The molecule has 0 bridgehead atoms. The summed E-state index contributed by atoms with van der Waals surface area (Å²) in [7, 11) is 0. The number of unbranched alkanes of at least 4 members (excludes halogenated alkanes) is 1. The predicted molar refractivity (Wildman–Crippen MR) is 144 cm³/mol. The first kappa shape index (κ1) is 29.7. The summed E-state index contributed by atoms with van der Waals surface area (Å²) in [5.74, 6) is 4.30. The summed E-state index contributed by atoms with van der Waals surface area (Å²) in [6.07, 6.45) is 11.4. The van der Waals surface area contributed by atoms with Crippen molar-refractivity contribution in [2.75, 3.05) is 98.7 Å². The van der Waals surface area contributed by atoms with Gasteiger partial charge in [-0.25, -0.2) is 0 Å². The van der Waals surface area contributed by atoms with Crippen LogP contribution in [0.15, 0.2) is 24.3 Å². The first-order valence-corrected chi connectivity index (χ1v) is 13.9. The van der Waals surface area contributed by atoms with Crippen molar-refractivity contribution in [3.8, 4) is 23.8 Å². The zero-order valence-corrected chi connectivity index (χ0v) is 22.5. The molecule has 37 heavy (non-hydrogen) atoms. The average Bonchev–Trinajstić information content (AvgIpc) is 2.90. The van der Waals surface area contributed by atoms with Gasteiger partial charge in [-0.15, -0.1) is 6.42 Å². The Bertz CT molecular complexity index is 729. The molecule has 8 heteroatoms. The lowest BCUT2D eigenvalue weighted by Crippen LogP contribution is -2.47. The van der Waals surface area contributed by atoms with E-state index in [-0.39, 0.29) is 0 Å². The molecule has 0 atom stereocenters. The summed E-state index contributed by atoms with van der Waals surface area (Å²) < 4.78 is 33.5. The fourth-order valence-electron chi connectivity index (χ4n) is 4.14. The van der Waals surface area contributed by atoms with Gasteiger partial charge in [0.25, 0.3) is 0 Å². The Morgan fingerprint density at radius 1 is 0.676 bits per heavy atom. The van der Waals surface area contributed by atoms with Crippen molar-refractivity contribution in [1.82, 2.24) is 9.80 Å². The molecule has 1 aliphatic carbocycles. The van der Waals surface area contributed by atoms with Crippen molar-refractivity contribution < 1.29 is 28.4 Å². The molecule has 1 saturated heterocycles. The van der Waals surface area contributed by atoms with E-state index in [1.807, 2.05) is 24.3 Å². The summed E-state index contributed by atoms with van der Waals surface area (Å²) in [5.41, 5.74) is 0. The molecule has 1 aromatic rings. The van der Waals surface area contributed by atoms with Crippen LogP contribution in [0.2, 0.25) is 0 Å². The zero-order valence-electron chi connectivity index (χ0n) is 22.5. The highest BCUT2D eigenvalue weighted by Gasteiger charge is 2.19. The maximum absolute atomic E-state index is 5.90. The monoisotopic (exact) mass is 518 g/mol. The minimum Gasteiger partial charge on any atom is -0.494 e. The minimum atomic E-state index is 0.330. The number of piperazine rings is 1. The molecule has 3 rings (SSSR count). The number of benzene rings is 1. The van der Waals surface area contributed by atoms with Gasteiger partial charge in [0, 0.05) is 32.7 Å². The Morgan fingerprint density at radius 2 is 1.24 bits per heavy atom. The second kappa shape index (κ2) is 19.2. The number of ether oxygens (including phenoxy) is 6. The molecule has 0 radical (unpaired) electrons. The van der Waals surface area contributed by atoms with E-state index in [0.29, 0.717) is 52.4 Å². The molecule has 0 aromatic heterocycles. The lowest BCUT2D eigenvalue weighted by atomic mass is 9.96. The normalized spacial score (nSPS) is 16.8. The summed E-state index contributed by atoms with van der Waals surface area (Å²) >= 11 is 0. The molecule has 1 saturated carbocycles. The third-order valence-corrected chi connectivity index (χ3v) is 6.63. The van der Waals surface area contributed by atoms with Gasteiger partial charge >= 0.3 is 0 Å². The number of rotatable bonds is 21. The highest BCUT2D eigenvalue weighted by atomic mass is 16.6. The van der Waals surface area contributed by atoms with E-state index in [1.54, 1.807) is 0 Å². The van der Waals surface area contributed by atoms with Gasteiger partial charge in [-0.3, -0.25) is 4.90 Å². The molecule has 208 valence electrons. The van der Waals surface area contributed by atoms with Crippen molar-refractivity contribution in [3.05, 3.63) is 24.3 Å². The van der Waals surface area contributed by atoms with Crippen LogP contribution in [0.5, 0.6) is 11.5 Å². The molecule has 1 aromatic carbocycles. The van der Waals surface area contributed by atoms with Gasteiger partial charge in [0.15, 0.2) is 0 Å². The third kappa shape index (κ3) is 13.5. The molecule has 0 amide bonds. The van der Waals surface area contributed by atoms with Crippen LogP contribution in [0.3, 0.4) is 0 Å². The summed E-state index contributed by atoms with van der Waals surface area (Å²) in [6.45, 7) is 11.8.